The van der Waals surface area contributed by atoms with Crippen molar-refractivity contribution in [2.24, 2.45) is 0 Å². The third-order valence-corrected chi connectivity index (χ3v) is 6.43. The molecule has 1 atom stereocenters. The lowest BCUT2D eigenvalue weighted by Gasteiger charge is -2.26. The lowest BCUT2D eigenvalue weighted by Crippen LogP contribution is -2.29. The van der Waals surface area contributed by atoms with Crippen molar-refractivity contribution in [3.05, 3.63) is 82.3 Å². The molecule has 1 saturated heterocycles. The number of thiocarbonyl (C=S) groups is 1. The number of nitrogens with zero attached hydrogens (tertiary/aromatic N) is 1. The van der Waals surface area contributed by atoms with Gasteiger partial charge < -0.3 is 4.74 Å². The standard InChI is InChI=1S/C24H23NO2S2/c1-2-3-9-14-25-23(26)21(29-24(25)28)16-19-15-18-12-7-8-13-20(18)27-22(19)17-10-5-4-6-11-17/h4-8,10-13,15-16,22H,2-3,9,14H2,1H3/b21-16-. The van der Waals surface area contributed by atoms with E-state index in [4.69, 9.17) is 17.0 Å². The smallest absolute Gasteiger partial charge is 0.266 e. The number of amides is 1. The van der Waals surface area contributed by atoms with Crippen LogP contribution in [-0.2, 0) is 4.79 Å². The molecule has 0 bridgehead atoms. The fourth-order valence-corrected chi connectivity index (χ4v) is 4.84. The second-order valence-corrected chi connectivity index (χ2v) is 8.81. The zero-order valence-electron chi connectivity index (χ0n) is 16.3. The van der Waals surface area contributed by atoms with Crippen LogP contribution in [0.3, 0.4) is 0 Å². The molecule has 0 aromatic heterocycles. The molecule has 1 amide bonds. The molecular formula is C24H23NO2S2. The van der Waals surface area contributed by atoms with Gasteiger partial charge in [-0.2, -0.15) is 0 Å². The van der Waals surface area contributed by atoms with E-state index < -0.39 is 0 Å². The third kappa shape index (κ3) is 4.31. The number of carbonyl (C=O) groups excluding carboxylic acids is 1. The number of benzene rings is 2. The summed E-state index contributed by atoms with van der Waals surface area (Å²) < 4.78 is 6.97. The van der Waals surface area contributed by atoms with Gasteiger partial charge >= 0.3 is 0 Å². The topological polar surface area (TPSA) is 29.5 Å². The van der Waals surface area contributed by atoms with Gasteiger partial charge in [0.05, 0.1) is 4.91 Å². The Morgan fingerprint density at radius 3 is 2.66 bits per heavy atom. The number of carbonyl (C=O) groups is 1. The van der Waals surface area contributed by atoms with Crippen LogP contribution in [0.5, 0.6) is 5.75 Å². The lowest BCUT2D eigenvalue weighted by molar-refractivity contribution is -0.122. The maximum Gasteiger partial charge on any atom is 0.266 e. The number of unbranched alkanes of at least 4 members (excludes halogenated alkanes) is 2. The maximum absolute atomic E-state index is 13.0. The van der Waals surface area contributed by atoms with Crippen molar-refractivity contribution in [3.63, 3.8) is 0 Å². The van der Waals surface area contributed by atoms with Crippen LogP contribution in [0.15, 0.2) is 71.2 Å². The summed E-state index contributed by atoms with van der Waals surface area (Å²) in [7, 11) is 0. The van der Waals surface area contributed by atoms with Crippen molar-refractivity contribution in [1.29, 1.82) is 0 Å². The van der Waals surface area contributed by atoms with Crippen molar-refractivity contribution in [3.8, 4) is 5.75 Å². The summed E-state index contributed by atoms with van der Waals surface area (Å²) in [4.78, 5) is 15.4. The molecule has 148 valence electrons. The molecule has 1 fully saturated rings. The van der Waals surface area contributed by atoms with E-state index in [9.17, 15) is 4.79 Å². The first kappa shape index (κ1) is 19.9. The van der Waals surface area contributed by atoms with Crippen LogP contribution in [-0.4, -0.2) is 21.7 Å². The van der Waals surface area contributed by atoms with E-state index >= 15 is 0 Å². The third-order valence-electron chi connectivity index (χ3n) is 5.05. The first-order valence-electron chi connectivity index (χ1n) is 9.95. The average Bonchev–Trinajstić information content (AvgIpc) is 3.01. The van der Waals surface area contributed by atoms with E-state index in [0.29, 0.717) is 15.8 Å². The second kappa shape index (κ2) is 8.97. The van der Waals surface area contributed by atoms with Gasteiger partial charge in [-0.05, 0) is 35.8 Å². The minimum Gasteiger partial charge on any atom is -0.480 e. The molecule has 2 aliphatic heterocycles. The molecule has 3 nitrogen and oxygen atoms in total. The van der Waals surface area contributed by atoms with Crippen LogP contribution in [0.25, 0.3) is 6.08 Å². The number of rotatable bonds is 6. The van der Waals surface area contributed by atoms with Crippen LogP contribution in [0.4, 0.5) is 0 Å². The minimum absolute atomic E-state index is 0.00248. The second-order valence-electron chi connectivity index (χ2n) is 7.13. The molecule has 0 spiro atoms. The van der Waals surface area contributed by atoms with E-state index in [2.05, 4.69) is 25.1 Å². The number of para-hydroxylation sites is 1. The molecule has 2 heterocycles. The minimum atomic E-state index is -0.255. The Morgan fingerprint density at radius 1 is 1.10 bits per heavy atom. The Hall–Kier alpha value is -2.37. The maximum atomic E-state index is 13.0. The Balaban J connectivity index is 1.66. The van der Waals surface area contributed by atoms with Gasteiger partial charge in [-0.15, -0.1) is 0 Å². The molecule has 2 aliphatic rings. The van der Waals surface area contributed by atoms with Crippen molar-refractivity contribution in [2.45, 2.75) is 32.3 Å². The summed E-state index contributed by atoms with van der Waals surface area (Å²) in [6.07, 6.45) is 7.00. The van der Waals surface area contributed by atoms with Crippen molar-refractivity contribution < 1.29 is 9.53 Å². The number of hydrogen-bond acceptors (Lipinski definition) is 4. The fraction of sp³-hybridized carbons (Fsp3) is 0.250. The summed E-state index contributed by atoms with van der Waals surface area (Å²) in [5.41, 5.74) is 3.04. The van der Waals surface area contributed by atoms with Gasteiger partial charge in [0.2, 0.25) is 0 Å². The van der Waals surface area contributed by atoms with Gasteiger partial charge in [0.25, 0.3) is 5.91 Å². The van der Waals surface area contributed by atoms with Crippen LogP contribution < -0.4 is 4.74 Å². The molecular weight excluding hydrogens is 398 g/mol. The monoisotopic (exact) mass is 421 g/mol. The van der Waals surface area contributed by atoms with Gasteiger partial charge in [0.15, 0.2) is 0 Å². The Kier molecular flexibility index (Phi) is 6.16. The highest BCUT2D eigenvalue weighted by Crippen LogP contribution is 2.40. The normalized spacial score (nSPS) is 19.9. The lowest BCUT2D eigenvalue weighted by atomic mass is 9.95. The van der Waals surface area contributed by atoms with Gasteiger partial charge in [0, 0.05) is 12.1 Å². The zero-order chi connectivity index (χ0) is 20.2. The molecule has 0 radical (unpaired) electrons. The average molecular weight is 422 g/mol. The summed E-state index contributed by atoms with van der Waals surface area (Å²) in [6.45, 7) is 2.84. The largest absolute Gasteiger partial charge is 0.480 e. The highest BCUT2D eigenvalue weighted by atomic mass is 32.2. The van der Waals surface area contributed by atoms with E-state index in [0.717, 1.165) is 41.7 Å². The van der Waals surface area contributed by atoms with E-state index in [1.807, 2.05) is 48.5 Å². The van der Waals surface area contributed by atoms with Crippen molar-refractivity contribution in [1.82, 2.24) is 4.90 Å². The summed E-state index contributed by atoms with van der Waals surface area (Å²) in [5, 5.41) is 0. The Morgan fingerprint density at radius 2 is 1.86 bits per heavy atom. The number of hydrogen-bond donors (Lipinski definition) is 0. The molecule has 4 rings (SSSR count). The van der Waals surface area contributed by atoms with Crippen LogP contribution in [0.2, 0.25) is 0 Å². The van der Waals surface area contributed by atoms with E-state index in [1.165, 1.54) is 11.8 Å². The summed E-state index contributed by atoms with van der Waals surface area (Å²) in [5.74, 6) is 0.855. The molecule has 0 aliphatic carbocycles. The molecule has 29 heavy (non-hydrogen) atoms. The van der Waals surface area contributed by atoms with Crippen LogP contribution in [0.1, 0.15) is 43.4 Å². The van der Waals surface area contributed by atoms with Gasteiger partial charge in [0.1, 0.15) is 16.2 Å². The molecule has 1 unspecified atom stereocenters. The summed E-state index contributed by atoms with van der Waals surface area (Å²) >= 11 is 6.86. The molecule has 2 aromatic carbocycles. The SMILES string of the molecule is CCCCCN1C(=O)/C(=C/C2=Cc3ccccc3OC2c2ccccc2)SC1=S. The zero-order valence-corrected chi connectivity index (χ0v) is 18.0. The summed E-state index contributed by atoms with van der Waals surface area (Å²) in [6, 6.07) is 18.1. The highest BCUT2D eigenvalue weighted by Gasteiger charge is 2.33. The highest BCUT2D eigenvalue weighted by molar-refractivity contribution is 8.26. The van der Waals surface area contributed by atoms with Gasteiger partial charge in [-0.1, -0.05) is 92.3 Å². The van der Waals surface area contributed by atoms with Crippen LogP contribution >= 0.6 is 24.0 Å². The Labute approximate surface area is 181 Å². The van der Waals surface area contributed by atoms with Gasteiger partial charge in [-0.25, -0.2) is 0 Å². The number of ether oxygens (including phenoxy) is 1. The van der Waals surface area contributed by atoms with E-state index in [1.54, 1.807) is 4.90 Å². The predicted molar refractivity (Wildman–Crippen MR) is 124 cm³/mol. The van der Waals surface area contributed by atoms with Gasteiger partial charge in [-0.3, -0.25) is 9.69 Å². The molecule has 0 saturated carbocycles. The molecule has 5 heteroatoms. The predicted octanol–water partition coefficient (Wildman–Crippen LogP) is 6.14. The Bertz CT molecular complexity index is 981. The molecule has 2 aromatic rings. The number of thioether (sulfide) groups is 1. The van der Waals surface area contributed by atoms with Crippen molar-refractivity contribution in [2.75, 3.05) is 6.54 Å². The van der Waals surface area contributed by atoms with Crippen LogP contribution in [0, 0.1) is 0 Å². The van der Waals surface area contributed by atoms with Crippen molar-refractivity contribution >= 4 is 40.3 Å². The fourth-order valence-electron chi connectivity index (χ4n) is 3.53. The first-order valence-corrected chi connectivity index (χ1v) is 11.2. The number of fused-ring (bicyclic) bond motifs is 1. The van der Waals surface area contributed by atoms with E-state index in [-0.39, 0.29) is 12.0 Å². The quantitative estimate of drug-likeness (QED) is 0.318. The first-order chi connectivity index (χ1) is 14.2. The molecule has 0 N–H and O–H groups in total.